The fraction of sp³-hybridized carbons (Fsp3) is 0.333. The van der Waals surface area contributed by atoms with Crippen LogP contribution in [0.2, 0.25) is 0 Å². The Morgan fingerprint density at radius 1 is 1.47 bits per heavy atom. The van der Waals surface area contributed by atoms with E-state index in [2.05, 4.69) is 10.4 Å². The number of aromatic nitrogens is 2. The van der Waals surface area contributed by atoms with Crippen LogP contribution in [-0.4, -0.2) is 21.2 Å². The van der Waals surface area contributed by atoms with E-state index in [-0.39, 0.29) is 5.91 Å². The van der Waals surface area contributed by atoms with Crippen LogP contribution in [0.5, 0.6) is 0 Å². The highest BCUT2D eigenvalue weighted by atomic mass is 16.2. The van der Waals surface area contributed by atoms with Crippen LogP contribution in [0.25, 0.3) is 10.9 Å². The van der Waals surface area contributed by atoms with Crippen molar-refractivity contribution in [2.45, 2.75) is 19.4 Å². The van der Waals surface area contributed by atoms with Gasteiger partial charge in [0.15, 0.2) is 0 Å². The molecule has 0 radical (unpaired) electrons. The largest absolute Gasteiger partial charge is 0.324 e. The molecule has 0 spiro atoms. The van der Waals surface area contributed by atoms with Crippen molar-refractivity contribution in [1.82, 2.24) is 9.78 Å². The minimum absolute atomic E-state index is 0.209. The van der Waals surface area contributed by atoms with Gasteiger partial charge in [-0.05, 0) is 32.0 Å². The van der Waals surface area contributed by atoms with E-state index in [1.165, 1.54) is 0 Å². The average Bonchev–Trinajstić information content (AvgIpc) is 2.59. The molecule has 2 rings (SSSR count). The predicted molar refractivity (Wildman–Crippen MR) is 67.6 cm³/mol. The summed E-state index contributed by atoms with van der Waals surface area (Å²) in [5, 5.41) is 7.97. The molecule has 1 aromatic carbocycles. The smallest absolute Gasteiger partial charge is 0.243 e. The second-order valence-corrected chi connectivity index (χ2v) is 4.72. The van der Waals surface area contributed by atoms with Crippen molar-refractivity contribution in [3.8, 4) is 0 Å². The van der Waals surface area contributed by atoms with Crippen LogP contribution >= 0.6 is 0 Å². The molecule has 0 atom stereocenters. The number of nitrogens with zero attached hydrogens (tertiary/aromatic N) is 2. The Kier molecular flexibility index (Phi) is 2.63. The molecule has 0 bridgehead atoms. The summed E-state index contributed by atoms with van der Waals surface area (Å²) in [5.41, 5.74) is 6.53. The lowest BCUT2D eigenvalue weighted by Crippen LogP contribution is -2.45. The zero-order valence-electron chi connectivity index (χ0n) is 10.2. The molecule has 0 aliphatic rings. The summed E-state index contributed by atoms with van der Waals surface area (Å²) in [4.78, 5) is 11.7. The molecule has 0 fully saturated rings. The van der Waals surface area contributed by atoms with Crippen LogP contribution in [0.1, 0.15) is 13.8 Å². The molecule has 2 aromatic rings. The Morgan fingerprint density at radius 3 is 2.82 bits per heavy atom. The van der Waals surface area contributed by atoms with Gasteiger partial charge in [0.2, 0.25) is 5.91 Å². The van der Waals surface area contributed by atoms with E-state index in [0.29, 0.717) is 0 Å². The molecule has 3 N–H and O–H groups in total. The molecule has 5 heteroatoms. The molecule has 5 nitrogen and oxygen atoms in total. The number of hydrogen-bond donors (Lipinski definition) is 2. The van der Waals surface area contributed by atoms with Crippen LogP contribution in [0, 0.1) is 0 Å². The number of benzene rings is 1. The molecule has 0 saturated carbocycles. The molecule has 0 saturated heterocycles. The number of amides is 1. The normalized spacial score (nSPS) is 11.8. The molecular weight excluding hydrogens is 216 g/mol. The third kappa shape index (κ3) is 2.29. The number of rotatable bonds is 2. The number of carbonyl (C=O) groups is 1. The summed E-state index contributed by atoms with van der Waals surface area (Å²) in [5.74, 6) is -0.209. The van der Waals surface area contributed by atoms with E-state index >= 15 is 0 Å². The average molecular weight is 232 g/mol. The second kappa shape index (κ2) is 3.85. The number of hydrogen-bond acceptors (Lipinski definition) is 3. The van der Waals surface area contributed by atoms with Gasteiger partial charge < -0.3 is 11.1 Å². The van der Waals surface area contributed by atoms with Crippen molar-refractivity contribution in [3.05, 3.63) is 24.4 Å². The molecule has 17 heavy (non-hydrogen) atoms. The third-order valence-corrected chi connectivity index (χ3v) is 2.59. The van der Waals surface area contributed by atoms with Crippen molar-refractivity contribution in [2.24, 2.45) is 12.8 Å². The number of aryl methyl sites for hydroxylation is 1. The molecule has 1 aromatic heterocycles. The van der Waals surface area contributed by atoms with Gasteiger partial charge in [-0.3, -0.25) is 9.48 Å². The van der Waals surface area contributed by atoms with E-state index < -0.39 is 5.54 Å². The summed E-state index contributed by atoms with van der Waals surface area (Å²) >= 11 is 0. The lowest BCUT2D eigenvalue weighted by molar-refractivity contribution is -0.120. The Labute approximate surface area is 99.6 Å². The minimum atomic E-state index is -0.887. The van der Waals surface area contributed by atoms with Crippen LogP contribution in [0.15, 0.2) is 24.4 Å². The number of anilines is 1. The Hall–Kier alpha value is -1.88. The number of nitrogens with one attached hydrogen (secondary N) is 1. The number of fused-ring (bicyclic) bond motifs is 1. The molecule has 1 amide bonds. The maximum absolute atomic E-state index is 11.7. The van der Waals surface area contributed by atoms with Crippen LogP contribution in [-0.2, 0) is 11.8 Å². The van der Waals surface area contributed by atoms with E-state index in [4.69, 9.17) is 5.73 Å². The van der Waals surface area contributed by atoms with Gasteiger partial charge in [0.05, 0.1) is 17.3 Å². The van der Waals surface area contributed by atoms with Gasteiger partial charge in [-0.25, -0.2) is 0 Å². The maximum Gasteiger partial charge on any atom is 0.243 e. The maximum atomic E-state index is 11.7. The van der Waals surface area contributed by atoms with E-state index in [1.54, 1.807) is 24.7 Å². The van der Waals surface area contributed by atoms with E-state index in [9.17, 15) is 4.79 Å². The topological polar surface area (TPSA) is 72.9 Å². The first kappa shape index (κ1) is 11.6. The molecular formula is C12H16N4O. The van der Waals surface area contributed by atoms with E-state index in [0.717, 1.165) is 16.6 Å². The van der Waals surface area contributed by atoms with Crippen molar-refractivity contribution in [3.63, 3.8) is 0 Å². The second-order valence-electron chi connectivity index (χ2n) is 4.72. The van der Waals surface area contributed by atoms with Crippen LogP contribution < -0.4 is 11.1 Å². The van der Waals surface area contributed by atoms with Gasteiger partial charge in [0.1, 0.15) is 0 Å². The first-order valence-electron chi connectivity index (χ1n) is 5.40. The summed E-state index contributed by atoms with van der Waals surface area (Å²) < 4.78 is 1.76. The lowest BCUT2D eigenvalue weighted by atomic mass is 10.1. The fourth-order valence-electron chi connectivity index (χ4n) is 1.51. The standard InChI is InChI=1S/C12H16N4O/c1-12(2,13)11(17)15-9-5-4-8-7-14-16(3)10(8)6-9/h4-7H,13H2,1-3H3,(H,15,17). The zero-order valence-corrected chi connectivity index (χ0v) is 10.2. The number of carbonyl (C=O) groups excluding carboxylic acids is 1. The van der Waals surface area contributed by atoms with Gasteiger partial charge in [-0.15, -0.1) is 0 Å². The monoisotopic (exact) mass is 232 g/mol. The first-order valence-corrected chi connectivity index (χ1v) is 5.40. The first-order chi connectivity index (χ1) is 7.88. The van der Waals surface area contributed by atoms with Gasteiger partial charge in [0.25, 0.3) is 0 Å². The summed E-state index contributed by atoms with van der Waals surface area (Å²) in [7, 11) is 1.86. The predicted octanol–water partition coefficient (Wildman–Crippen LogP) is 1.25. The Morgan fingerprint density at radius 2 is 2.18 bits per heavy atom. The van der Waals surface area contributed by atoms with Gasteiger partial charge >= 0.3 is 0 Å². The van der Waals surface area contributed by atoms with Crippen LogP contribution in [0.3, 0.4) is 0 Å². The summed E-state index contributed by atoms with van der Waals surface area (Å²) in [6.07, 6.45) is 1.79. The van der Waals surface area contributed by atoms with Gasteiger partial charge in [0, 0.05) is 18.1 Å². The molecule has 0 aliphatic heterocycles. The van der Waals surface area contributed by atoms with E-state index in [1.807, 2.05) is 25.2 Å². The Balaban J connectivity index is 2.31. The van der Waals surface area contributed by atoms with Crippen molar-refractivity contribution in [2.75, 3.05) is 5.32 Å². The molecule has 90 valence electrons. The number of nitrogens with two attached hydrogens (primary N) is 1. The highest BCUT2D eigenvalue weighted by molar-refractivity contribution is 5.98. The molecule has 0 unspecified atom stereocenters. The molecule has 1 heterocycles. The van der Waals surface area contributed by atoms with Crippen LogP contribution in [0.4, 0.5) is 5.69 Å². The SMILES string of the molecule is Cn1ncc2ccc(NC(=O)C(C)(C)N)cc21. The highest BCUT2D eigenvalue weighted by Gasteiger charge is 2.21. The minimum Gasteiger partial charge on any atom is -0.324 e. The van der Waals surface area contributed by atoms with Gasteiger partial charge in [-0.2, -0.15) is 5.10 Å². The summed E-state index contributed by atoms with van der Waals surface area (Å²) in [6.45, 7) is 3.34. The van der Waals surface area contributed by atoms with Crippen molar-refractivity contribution < 1.29 is 4.79 Å². The fourth-order valence-corrected chi connectivity index (χ4v) is 1.51. The quantitative estimate of drug-likeness (QED) is 0.818. The summed E-state index contributed by atoms with van der Waals surface area (Å²) in [6, 6.07) is 5.64. The molecule has 0 aliphatic carbocycles. The highest BCUT2D eigenvalue weighted by Crippen LogP contribution is 2.18. The lowest BCUT2D eigenvalue weighted by Gasteiger charge is -2.17. The van der Waals surface area contributed by atoms with Crippen molar-refractivity contribution >= 4 is 22.5 Å². The van der Waals surface area contributed by atoms with Gasteiger partial charge in [-0.1, -0.05) is 0 Å². The Bertz CT molecular complexity index is 565. The van der Waals surface area contributed by atoms with Crippen molar-refractivity contribution in [1.29, 1.82) is 0 Å². The zero-order chi connectivity index (χ0) is 12.6. The third-order valence-electron chi connectivity index (χ3n) is 2.59.